The smallest absolute Gasteiger partial charge is 0.00836 e. The number of fused-ring (bicyclic) bond motifs is 4. The lowest BCUT2D eigenvalue weighted by Crippen LogP contribution is -2.30. The van der Waals surface area contributed by atoms with Crippen LogP contribution in [-0.2, 0) is 0 Å². The molecule has 0 aromatic rings. The van der Waals surface area contributed by atoms with Gasteiger partial charge in [0.15, 0.2) is 0 Å². The van der Waals surface area contributed by atoms with Crippen LogP contribution in [0.5, 0.6) is 0 Å². The topological polar surface area (TPSA) is 0 Å². The van der Waals surface area contributed by atoms with Gasteiger partial charge in [0.2, 0.25) is 0 Å². The van der Waals surface area contributed by atoms with Gasteiger partial charge >= 0.3 is 0 Å². The number of halogens is 1. The maximum absolute atomic E-state index is 2.66. The van der Waals surface area contributed by atoms with Crippen LogP contribution in [0.3, 0.4) is 0 Å². The molecule has 1 heteroatoms. The first kappa shape index (κ1) is 16.6. The molecule has 25 heavy (non-hydrogen) atoms. The number of hydrogen-bond acceptors (Lipinski definition) is 0. The fraction of sp³-hybridized carbons (Fsp3) is 0.583. The second-order valence-electron chi connectivity index (χ2n) is 8.88. The predicted octanol–water partition coefficient (Wildman–Crippen LogP) is 7.16. The summed E-state index contributed by atoms with van der Waals surface area (Å²) in [6, 6.07) is 0. The molecule has 0 N–H and O–H groups in total. The van der Waals surface area contributed by atoms with E-state index < -0.39 is 0 Å². The molecular weight excluding hydrogens is 415 g/mol. The number of hydrogen-bond donors (Lipinski definition) is 0. The third-order valence-electron chi connectivity index (χ3n) is 7.53. The molecule has 0 aromatic carbocycles. The van der Waals surface area contributed by atoms with Crippen LogP contribution in [0.15, 0.2) is 57.3 Å². The molecule has 0 heterocycles. The third kappa shape index (κ3) is 3.15. The normalized spacial score (nSPS) is 42.5. The highest BCUT2D eigenvalue weighted by Gasteiger charge is 2.36. The molecule has 0 spiro atoms. The van der Waals surface area contributed by atoms with Crippen molar-refractivity contribution in [1.82, 2.24) is 0 Å². The van der Waals surface area contributed by atoms with Crippen molar-refractivity contribution in [2.45, 2.75) is 51.4 Å². The van der Waals surface area contributed by atoms with Crippen molar-refractivity contribution in [3.05, 3.63) is 57.3 Å². The molecule has 5 aliphatic rings. The van der Waals surface area contributed by atoms with Gasteiger partial charge in [-0.25, -0.2) is 0 Å². The molecule has 0 radical (unpaired) electrons. The minimum absolute atomic E-state index is 0.673. The summed E-state index contributed by atoms with van der Waals surface area (Å²) in [5.74, 6) is 5.00. The van der Waals surface area contributed by atoms with Crippen LogP contribution in [0.2, 0.25) is 0 Å². The Morgan fingerprint density at radius 1 is 0.880 bits per heavy atom. The minimum atomic E-state index is 0.673. The van der Waals surface area contributed by atoms with Crippen molar-refractivity contribution in [2.24, 2.45) is 35.5 Å². The lowest BCUT2D eigenvalue weighted by Gasteiger charge is -2.41. The quantitative estimate of drug-likeness (QED) is 0.297. The fourth-order valence-corrected chi connectivity index (χ4v) is 6.89. The van der Waals surface area contributed by atoms with Gasteiger partial charge in [0.1, 0.15) is 0 Å². The van der Waals surface area contributed by atoms with E-state index in [2.05, 4.69) is 65.1 Å². The van der Waals surface area contributed by atoms with Gasteiger partial charge in [0, 0.05) is 5.92 Å². The van der Waals surface area contributed by atoms with Crippen LogP contribution in [0.1, 0.15) is 51.4 Å². The van der Waals surface area contributed by atoms with Crippen molar-refractivity contribution in [1.29, 1.82) is 0 Å². The maximum Gasteiger partial charge on any atom is 0.00836 e. The van der Waals surface area contributed by atoms with Crippen molar-refractivity contribution in [3.8, 4) is 0 Å². The van der Waals surface area contributed by atoms with E-state index in [1.165, 1.54) is 51.4 Å². The van der Waals surface area contributed by atoms with Gasteiger partial charge in [0.05, 0.1) is 0 Å². The van der Waals surface area contributed by atoms with E-state index in [0.29, 0.717) is 5.92 Å². The highest BCUT2D eigenvalue weighted by molar-refractivity contribution is 14.1. The van der Waals surface area contributed by atoms with Crippen molar-refractivity contribution in [2.75, 3.05) is 0 Å². The van der Waals surface area contributed by atoms with Gasteiger partial charge in [-0.1, -0.05) is 42.5 Å². The lowest BCUT2D eigenvalue weighted by atomic mass is 9.64. The van der Waals surface area contributed by atoms with E-state index in [1.807, 2.05) is 0 Å². The minimum Gasteiger partial charge on any atom is -0.0879 e. The molecule has 0 saturated heterocycles. The van der Waals surface area contributed by atoms with Crippen LogP contribution in [0.4, 0.5) is 0 Å². The van der Waals surface area contributed by atoms with E-state index in [4.69, 9.17) is 0 Å². The average molecular weight is 444 g/mol. The lowest BCUT2D eigenvalue weighted by molar-refractivity contribution is 0.164. The van der Waals surface area contributed by atoms with E-state index in [9.17, 15) is 0 Å². The summed E-state index contributed by atoms with van der Waals surface area (Å²) in [6.07, 6.45) is 28.7. The first-order valence-corrected chi connectivity index (χ1v) is 11.5. The van der Waals surface area contributed by atoms with Gasteiger partial charge in [-0.15, -0.1) is 0 Å². The van der Waals surface area contributed by atoms with Gasteiger partial charge in [-0.3, -0.25) is 0 Å². The molecule has 0 bridgehead atoms. The Balaban J connectivity index is 1.32. The molecule has 5 aliphatic carbocycles. The Morgan fingerprint density at radius 2 is 1.80 bits per heavy atom. The fourth-order valence-electron chi connectivity index (χ4n) is 6.12. The van der Waals surface area contributed by atoms with Crippen LogP contribution in [-0.4, -0.2) is 0 Å². The Kier molecular flexibility index (Phi) is 4.56. The third-order valence-corrected chi connectivity index (χ3v) is 8.43. The molecule has 5 rings (SSSR count). The summed E-state index contributed by atoms with van der Waals surface area (Å²) in [4.78, 5) is 0. The summed E-state index contributed by atoms with van der Waals surface area (Å²) < 4.78 is 1.62. The molecule has 0 aromatic heterocycles. The molecule has 5 unspecified atom stereocenters. The van der Waals surface area contributed by atoms with Gasteiger partial charge < -0.3 is 0 Å². The zero-order valence-corrected chi connectivity index (χ0v) is 17.2. The predicted molar refractivity (Wildman–Crippen MR) is 114 cm³/mol. The van der Waals surface area contributed by atoms with Crippen molar-refractivity contribution >= 4 is 22.6 Å². The second kappa shape index (κ2) is 6.87. The Labute approximate surface area is 166 Å². The molecule has 132 valence electrons. The SMILES string of the molecule is IC1=CC2CCC([C@H]3C=C4C=CC5CCC=CC5C4=CC3)CC2CC1. The van der Waals surface area contributed by atoms with Crippen molar-refractivity contribution in [3.63, 3.8) is 0 Å². The van der Waals surface area contributed by atoms with Gasteiger partial charge in [-0.05, 0) is 118 Å². The Bertz CT molecular complexity index is 689. The zero-order chi connectivity index (χ0) is 16.8. The number of allylic oxidation sites excluding steroid dienone is 10. The summed E-state index contributed by atoms with van der Waals surface area (Å²) in [7, 11) is 0. The summed E-state index contributed by atoms with van der Waals surface area (Å²) in [5, 5.41) is 0. The average Bonchev–Trinajstić information content (AvgIpc) is 2.67. The van der Waals surface area contributed by atoms with Gasteiger partial charge in [0.25, 0.3) is 0 Å². The molecule has 0 aliphatic heterocycles. The van der Waals surface area contributed by atoms with Crippen LogP contribution in [0, 0.1) is 35.5 Å². The summed E-state index contributed by atoms with van der Waals surface area (Å²) in [5.41, 5.74) is 3.20. The second-order valence-corrected chi connectivity index (χ2v) is 10.3. The molecular formula is C24H29I. The maximum atomic E-state index is 2.66. The summed E-state index contributed by atoms with van der Waals surface area (Å²) in [6.45, 7) is 0. The highest BCUT2D eigenvalue weighted by Crippen LogP contribution is 2.48. The molecule has 1 fully saturated rings. The number of rotatable bonds is 1. The standard InChI is InChI=1S/C24H29I/c25-22-11-9-18-13-17(6-7-20(18)15-22)19-10-12-24-21(14-19)8-5-16-3-1-2-4-23(16)24/h2,4-5,8,12,14-20,23H,1,3,6-7,9-11,13H2/t16?,17?,18?,19-,20?,23?/m1/s1. The molecule has 0 nitrogen and oxygen atoms in total. The zero-order valence-electron chi connectivity index (χ0n) is 15.0. The molecule has 1 saturated carbocycles. The first-order valence-electron chi connectivity index (χ1n) is 10.4. The van der Waals surface area contributed by atoms with Crippen LogP contribution < -0.4 is 0 Å². The van der Waals surface area contributed by atoms with Crippen LogP contribution >= 0.6 is 22.6 Å². The molecule has 0 amide bonds. The largest absolute Gasteiger partial charge is 0.0879 e. The van der Waals surface area contributed by atoms with E-state index in [-0.39, 0.29) is 0 Å². The highest BCUT2D eigenvalue weighted by atomic mass is 127. The van der Waals surface area contributed by atoms with Gasteiger partial charge in [-0.2, -0.15) is 0 Å². The monoisotopic (exact) mass is 444 g/mol. The Morgan fingerprint density at radius 3 is 2.76 bits per heavy atom. The van der Waals surface area contributed by atoms with Crippen LogP contribution in [0.25, 0.3) is 0 Å². The summed E-state index contributed by atoms with van der Waals surface area (Å²) >= 11 is 2.56. The molecule has 6 atom stereocenters. The first-order chi connectivity index (χ1) is 12.3. The van der Waals surface area contributed by atoms with E-state index >= 15 is 0 Å². The van der Waals surface area contributed by atoms with E-state index in [0.717, 1.165) is 29.6 Å². The Hall–Kier alpha value is -0.570. The van der Waals surface area contributed by atoms with Crippen molar-refractivity contribution < 1.29 is 0 Å². The van der Waals surface area contributed by atoms with E-state index in [1.54, 1.807) is 14.7 Å².